The minimum atomic E-state index is 0.128. The Balaban J connectivity index is 2.11. The number of hydrogen-bond acceptors (Lipinski definition) is 5. The largest absolute Gasteiger partial charge is 0.337 e. The third kappa shape index (κ3) is 2.66. The molecule has 0 fully saturated rings. The van der Waals surface area contributed by atoms with Crippen LogP contribution in [0.3, 0.4) is 0 Å². The SMILES string of the molecule is NOCc1nc(Cc2ccccc2Br)no1. The second-order valence-electron chi connectivity index (χ2n) is 3.18. The average molecular weight is 284 g/mol. The Labute approximate surface area is 101 Å². The third-order valence-corrected chi connectivity index (χ3v) is 2.80. The van der Waals surface area contributed by atoms with E-state index in [0.717, 1.165) is 10.0 Å². The van der Waals surface area contributed by atoms with E-state index in [4.69, 9.17) is 10.4 Å². The Hall–Kier alpha value is -1.24. The third-order valence-electron chi connectivity index (χ3n) is 2.02. The van der Waals surface area contributed by atoms with Gasteiger partial charge in [0.15, 0.2) is 5.82 Å². The van der Waals surface area contributed by atoms with E-state index in [0.29, 0.717) is 18.1 Å². The van der Waals surface area contributed by atoms with E-state index < -0.39 is 0 Å². The summed E-state index contributed by atoms with van der Waals surface area (Å²) >= 11 is 3.46. The number of halogens is 1. The van der Waals surface area contributed by atoms with Gasteiger partial charge in [0.1, 0.15) is 6.61 Å². The van der Waals surface area contributed by atoms with Crippen molar-refractivity contribution >= 4 is 15.9 Å². The summed E-state index contributed by atoms with van der Waals surface area (Å²) < 4.78 is 5.96. The van der Waals surface area contributed by atoms with E-state index in [-0.39, 0.29) is 6.61 Å². The molecule has 1 aromatic carbocycles. The first-order valence-electron chi connectivity index (χ1n) is 4.66. The van der Waals surface area contributed by atoms with E-state index in [2.05, 4.69) is 30.9 Å². The molecule has 0 spiro atoms. The van der Waals surface area contributed by atoms with Gasteiger partial charge in [0.25, 0.3) is 5.89 Å². The zero-order chi connectivity index (χ0) is 11.4. The first-order chi connectivity index (χ1) is 7.79. The van der Waals surface area contributed by atoms with Crippen LogP contribution in [0, 0.1) is 0 Å². The van der Waals surface area contributed by atoms with Crippen molar-refractivity contribution in [3.63, 3.8) is 0 Å². The molecule has 5 nitrogen and oxygen atoms in total. The molecular weight excluding hydrogens is 274 g/mol. The highest BCUT2D eigenvalue weighted by atomic mass is 79.9. The zero-order valence-electron chi connectivity index (χ0n) is 8.39. The quantitative estimate of drug-likeness (QED) is 0.867. The number of hydrogen-bond donors (Lipinski definition) is 1. The maximum Gasteiger partial charge on any atom is 0.254 e. The Morgan fingerprint density at radius 1 is 1.38 bits per heavy atom. The number of aromatic nitrogens is 2. The summed E-state index contributed by atoms with van der Waals surface area (Å²) in [6, 6.07) is 7.89. The molecule has 6 heteroatoms. The predicted molar refractivity (Wildman–Crippen MR) is 60.2 cm³/mol. The minimum Gasteiger partial charge on any atom is -0.337 e. The lowest BCUT2D eigenvalue weighted by atomic mass is 10.1. The van der Waals surface area contributed by atoms with Gasteiger partial charge in [-0.15, -0.1) is 0 Å². The van der Waals surface area contributed by atoms with Gasteiger partial charge in [0, 0.05) is 10.9 Å². The van der Waals surface area contributed by atoms with E-state index >= 15 is 0 Å². The van der Waals surface area contributed by atoms with Gasteiger partial charge < -0.3 is 4.52 Å². The van der Waals surface area contributed by atoms with Gasteiger partial charge in [0.2, 0.25) is 0 Å². The molecule has 0 aliphatic rings. The van der Waals surface area contributed by atoms with Gasteiger partial charge in [-0.1, -0.05) is 39.3 Å². The van der Waals surface area contributed by atoms with Gasteiger partial charge >= 0.3 is 0 Å². The molecule has 0 aliphatic heterocycles. The van der Waals surface area contributed by atoms with E-state index in [9.17, 15) is 0 Å². The molecule has 0 saturated carbocycles. The van der Waals surface area contributed by atoms with Crippen molar-refractivity contribution in [3.8, 4) is 0 Å². The van der Waals surface area contributed by atoms with E-state index in [1.54, 1.807) is 0 Å². The lowest BCUT2D eigenvalue weighted by Gasteiger charge is -1.99. The fraction of sp³-hybridized carbons (Fsp3) is 0.200. The predicted octanol–water partition coefficient (Wildman–Crippen LogP) is 1.81. The lowest BCUT2D eigenvalue weighted by molar-refractivity contribution is 0.0995. The van der Waals surface area contributed by atoms with Crippen LogP contribution in [0.5, 0.6) is 0 Å². The Morgan fingerprint density at radius 2 is 2.19 bits per heavy atom. The molecule has 0 radical (unpaired) electrons. The number of benzene rings is 1. The van der Waals surface area contributed by atoms with Crippen LogP contribution in [0.1, 0.15) is 17.3 Å². The molecule has 0 unspecified atom stereocenters. The van der Waals surface area contributed by atoms with Crippen molar-refractivity contribution in [1.29, 1.82) is 0 Å². The fourth-order valence-corrected chi connectivity index (χ4v) is 1.73. The minimum absolute atomic E-state index is 0.128. The molecule has 0 aliphatic carbocycles. The average Bonchev–Trinajstić information content (AvgIpc) is 2.70. The molecule has 2 N–H and O–H groups in total. The van der Waals surface area contributed by atoms with Gasteiger partial charge in [0.05, 0.1) is 0 Å². The summed E-state index contributed by atoms with van der Waals surface area (Å²) in [7, 11) is 0. The molecule has 0 amide bonds. The summed E-state index contributed by atoms with van der Waals surface area (Å²) in [4.78, 5) is 8.54. The number of nitrogens with two attached hydrogens (primary N) is 1. The van der Waals surface area contributed by atoms with Crippen LogP contribution in [0.25, 0.3) is 0 Å². The normalized spacial score (nSPS) is 10.6. The van der Waals surface area contributed by atoms with Crippen molar-refractivity contribution in [1.82, 2.24) is 10.1 Å². The highest BCUT2D eigenvalue weighted by molar-refractivity contribution is 9.10. The number of nitrogens with zero attached hydrogens (tertiary/aromatic N) is 2. The molecule has 0 bridgehead atoms. The first kappa shape index (κ1) is 11.3. The van der Waals surface area contributed by atoms with Crippen molar-refractivity contribution in [2.45, 2.75) is 13.0 Å². The number of rotatable bonds is 4. The zero-order valence-corrected chi connectivity index (χ0v) is 9.98. The van der Waals surface area contributed by atoms with Crippen LogP contribution in [0.15, 0.2) is 33.3 Å². The highest BCUT2D eigenvalue weighted by Gasteiger charge is 2.08. The van der Waals surface area contributed by atoms with Gasteiger partial charge in [-0.3, -0.25) is 4.84 Å². The second-order valence-corrected chi connectivity index (χ2v) is 4.04. The summed E-state index contributed by atoms with van der Waals surface area (Å²) in [5, 5.41) is 3.83. The smallest absolute Gasteiger partial charge is 0.254 e. The summed E-state index contributed by atoms with van der Waals surface area (Å²) in [5.74, 6) is 5.90. The van der Waals surface area contributed by atoms with Crippen LogP contribution in [0.4, 0.5) is 0 Å². The fourth-order valence-electron chi connectivity index (χ4n) is 1.30. The molecule has 84 valence electrons. The summed E-state index contributed by atoms with van der Waals surface area (Å²) in [6.45, 7) is 0.128. The van der Waals surface area contributed by atoms with Crippen LogP contribution in [-0.2, 0) is 17.9 Å². The Morgan fingerprint density at radius 3 is 2.94 bits per heavy atom. The van der Waals surface area contributed by atoms with Crippen LogP contribution >= 0.6 is 15.9 Å². The van der Waals surface area contributed by atoms with Gasteiger partial charge in [-0.05, 0) is 11.6 Å². The van der Waals surface area contributed by atoms with Crippen LogP contribution < -0.4 is 5.90 Å². The summed E-state index contributed by atoms with van der Waals surface area (Å²) in [5.41, 5.74) is 1.10. The monoisotopic (exact) mass is 283 g/mol. The van der Waals surface area contributed by atoms with Crippen LogP contribution in [-0.4, -0.2) is 10.1 Å². The highest BCUT2D eigenvalue weighted by Crippen LogP contribution is 2.18. The lowest BCUT2D eigenvalue weighted by Crippen LogP contribution is -1.99. The van der Waals surface area contributed by atoms with Crippen molar-refractivity contribution in [3.05, 3.63) is 46.0 Å². The molecule has 0 atom stereocenters. The van der Waals surface area contributed by atoms with Crippen molar-refractivity contribution in [2.24, 2.45) is 5.90 Å². The Kier molecular flexibility index (Phi) is 3.66. The first-order valence-corrected chi connectivity index (χ1v) is 5.45. The molecule has 1 aromatic heterocycles. The molecule has 0 saturated heterocycles. The maximum absolute atomic E-state index is 4.94. The van der Waals surface area contributed by atoms with Crippen molar-refractivity contribution in [2.75, 3.05) is 0 Å². The van der Waals surface area contributed by atoms with E-state index in [1.165, 1.54) is 0 Å². The maximum atomic E-state index is 4.94. The van der Waals surface area contributed by atoms with Crippen LogP contribution in [0.2, 0.25) is 0 Å². The summed E-state index contributed by atoms with van der Waals surface area (Å²) in [6.07, 6.45) is 0.607. The molecule has 2 aromatic rings. The molecular formula is C10H10BrN3O2. The van der Waals surface area contributed by atoms with Gasteiger partial charge in [-0.25, -0.2) is 5.90 Å². The molecule has 1 heterocycles. The topological polar surface area (TPSA) is 74.2 Å². The molecule has 2 rings (SSSR count). The standard InChI is InChI=1S/C10H10BrN3O2/c11-8-4-2-1-3-7(8)5-9-13-10(6-15-12)16-14-9/h1-4H,5-6,12H2. The van der Waals surface area contributed by atoms with E-state index in [1.807, 2.05) is 24.3 Å². The van der Waals surface area contributed by atoms with Crippen molar-refractivity contribution < 1.29 is 9.36 Å². The second kappa shape index (κ2) is 5.20. The van der Waals surface area contributed by atoms with Gasteiger partial charge in [-0.2, -0.15) is 4.98 Å². The Bertz CT molecular complexity index is 473. The molecule has 16 heavy (non-hydrogen) atoms.